The Hall–Kier alpha value is -2.67. The number of anilines is 2. The predicted molar refractivity (Wildman–Crippen MR) is 87.3 cm³/mol. The van der Waals surface area contributed by atoms with Gasteiger partial charge in [-0.05, 0) is 19.1 Å². The van der Waals surface area contributed by atoms with Crippen LogP contribution in [0.4, 0.5) is 11.5 Å². The number of para-hydroxylation sites is 2. The van der Waals surface area contributed by atoms with E-state index in [4.69, 9.17) is 9.47 Å². The van der Waals surface area contributed by atoms with E-state index >= 15 is 0 Å². The average molecular weight is 316 g/mol. The van der Waals surface area contributed by atoms with Gasteiger partial charge in [-0.15, -0.1) is 0 Å². The monoisotopic (exact) mass is 316 g/mol. The minimum atomic E-state index is -0.268. The molecule has 2 rings (SSSR count). The molecule has 1 aromatic carbocycles. The summed E-state index contributed by atoms with van der Waals surface area (Å²) in [6, 6.07) is 9.08. The first-order valence-corrected chi connectivity index (χ1v) is 7.17. The second-order valence-corrected chi connectivity index (χ2v) is 4.76. The molecule has 2 N–H and O–H groups in total. The zero-order valence-electron chi connectivity index (χ0n) is 13.4. The van der Waals surface area contributed by atoms with Gasteiger partial charge in [-0.2, -0.15) is 0 Å². The third kappa shape index (κ3) is 4.65. The molecular formula is C16H20N4O3. The number of hydrogen-bond donors (Lipinski definition) is 2. The fourth-order valence-corrected chi connectivity index (χ4v) is 1.99. The first-order chi connectivity index (χ1) is 11.1. The maximum Gasteiger partial charge on any atom is 0.270 e. The Balaban J connectivity index is 2.18. The molecular weight excluding hydrogens is 296 g/mol. The molecule has 0 saturated carbocycles. The first kappa shape index (κ1) is 16.7. The number of benzene rings is 1. The summed E-state index contributed by atoms with van der Waals surface area (Å²) in [5, 5.41) is 5.88. The molecule has 1 amide bonds. The highest BCUT2D eigenvalue weighted by atomic mass is 16.5. The normalized spacial score (nSPS) is 10.2. The van der Waals surface area contributed by atoms with Crippen molar-refractivity contribution in [3.8, 4) is 5.75 Å². The van der Waals surface area contributed by atoms with E-state index in [9.17, 15) is 4.79 Å². The number of ether oxygens (including phenoxy) is 2. The van der Waals surface area contributed by atoms with Crippen molar-refractivity contribution < 1.29 is 14.3 Å². The third-order valence-corrected chi connectivity index (χ3v) is 3.03. The highest BCUT2D eigenvalue weighted by molar-refractivity contribution is 5.93. The molecule has 0 aliphatic carbocycles. The highest BCUT2D eigenvalue weighted by Gasteiger charge is 2.11. The van der Waals surface area contributed by atoms with E-state index in [2.05, 4.69) is 20.6 Å². The lowest BCUT2D eigenvalue weighted by Gasteiger charge is -2.11. The van der Waals surface area contributed by atoms with Crippen LogP contribution >= 0.6 is 0 Å². The number of aromatic nitrogens is 2. The molecule has 122 valence electrons. The van der Waals surface area contributed by atoms with E-state index in [0.717, 1.165) is 5.69 Å². The molecule has 1 heterocycles. The summed E-state index contributed by atoms with van der Waals surface area (Å²) in [4.78, 5) is 20.6. The molecule has 0 fully saturated rings. The molecule has 0 unspecified atom stereocenters. The van der Waals surface area contributed by atoms with Crippen LogP contribution < -0.4 is 15.4 Å². The summed E-state index contributed by atoms with van der Waals surface area (Å²) in [6.45, 7) is 2.61. The van der Waals surface area contributed by atoms with Crippen molar-refractivity contribution >= 4 is 17.4 Å². The Kier molecular flexibility index (Phi) is 5.87. The number of carbonyl (C=O) groups excluding carboxylic acids is 1. The lowest BCUT2D eigenvalue weighted by atomic mass is 10.3. The average Bonchev–Trinajstić information content (AvgIpc) is 2.55. The van der Waals surface area contributed by atoms with Crippen molar-refractivity contribution in [2.75, 3.05) is 32.7 Å². The van der Waals surface area contributed by atoms with Crippen molar-refractivity contribution in [3.05, 3.63) is 41.9 Å². The fourth-order valence-electron chi connectivity index (χ4n) is 1.99. The number of methoxy groups -OCH3 is 2. The molecule has 0 bridgehead atoms. The Morgan fingerprint density at radius 2 is 2.00 bits per heavy atom. The largest absolute Gasteiger partial charge is 0.495 e. The van der Waals surface area contributed by atoms with Gasteiger partial charge in [0.1, 0.15) is 23.1 Å². The zero-order chi connectivity index (χ0) is 16.7. The lowest BCUT2D eigenvalue weighted by Crippen LogP contribution is -2.28. The lowest BCUT2D eigenvalue weighted by molar-refractivity contribution is 0.0932. The Bertz CT molecular complexity index is 676. The third-order valence-electron chi connectivity index (χ3n) is 3.03. The topological polar surface area (TPSA) is 85.4 Å². The second-order valence-electron chi connectivity index (χ2n) is 4.76. The molecule has 0 aliphatic heterocycles. The molecule has 0 aliphatic rings. The van der Waals surface area contributed by atoms with Crippen molar-refractivity contribution in [2.24, 2.45) is 0 Å². The first-order valence-electron chi connectivity index (χ1n) is 7.17. The van der Waals surface area contributed by atoms with Crippen LogP contribution in [0.5, 0.6) is 5.75 Å². The van der Waals surface area contributed by atoms with Gasteiger partial charge < -0.3 is 20.1 Å². The molecule has 2 aromatic rings. The van der Waals surface area contributed by atoms with Crippen molar-refractivity contribution in [1.29, 1.82) is 0 Å². The Morgan fingerprint density at radius 1 is 1.22 bits per heavy atom. The van der Waals surface area contributed by atoms with Gasteiger partial charge in [-0.3, -0.25) is 4.79 Å². The number of nitrogens with one attached hydrogen (secondary N) is 2. The van der Waals surface area contributed by atoms with Crippen LogP contribution in [-0.2, 0) is 4.74 Å². The number of carbonyl (C=O) groups is 1. The molecule has 7 heteroatoms. The molecule has 0 saturated heterocycles. The number of nitrogens with zero attached hydrogens (tertiary/aromatic N) is 2. The fraction of sp³-hybridized carbons (Fsp3) is 0.312. The maximum atomic E-state index is 12.1. The highest BCUT2D eigenvalue weighted by Crippen LogP contribution is 2.26. The summed E-state index contributed by atoms with van der Waals surface area (Å²) < 4.78 is 10.2. The summed E-state index contributed by atoms with van der Waals surface area (Å²) in [7, 11) is 3.18. The SMILES string of the molecule is COCCNC(=O)c1cc(Nc2ccccc2OC)nc(C)n1. The van der Waals surface area contributed by atoms with Crippen molar-refractivity contribution in [1.82, 2.24) is 15.3 Å². The van der Waals surface area contributed by atoms with Crippen LogP contribution in [-0.4, -0.2) is 43.2 Å². The van der Waals surface area contributed by atoms with Crippen LogP contribution in [0.15, 0.2) is 30.3 Å². The predicted octanol–water partition coefficient (Wildman–Crippen LogP) is 1.91. The van der Waals surface area contributed by atoms with Crippen LogP contribution in [0.2, 0.25) is 0 Å². The quantitative estimate of drug-likeness (QED) is 0.759. The standard InChI is InChI=1S/C16H20N4O3/c1-11-18-13(16(21)17-8-9-22-2)10-15(19-11)20-12-6-4-5-7-14(12)23-3/h4-7,10H,8-9H2,1-3H3,(H,17,21)(H,18,19,20). The van der Waals surface area contributed by atoms with E-state index in [1.807, 2.05) is 24.3 Å². The van der Waals surface area contributed by atoms with Crippen molar-refractivity contribution in [3.63, 3.8) is 0 Å². The summed E-state index contributed by atoms with van der Waals surface area (Å²) in [5.74, 6) is 1.45. The minimum Gasteiger partial charge on any atom is -0.495 e. The maximum absolute atomic E-state index is 12.1. The van der Waals surface area contributed by atoms with E-state index in [1.54, 1.807) is 27.2 Å². The van der Waals surface area contributed by atoms with Crippen molar-refractivity contribution in [2.45, 2.75) is 6.92 Å². The summed E-state index contributed by atoms with van der Waals surface area (Å²) in [6.07, 6.45) is 0. The van der Waals surface area contributed by atoms with Gasteiger partial charge in [0.05, 0.1) is 19.4 Å². The van der Waals surface area contributed by atoms with Gasteiger partial charge in [-0.25, -0.2) is 9.97 Å². The van der Waals surface area contributed by atoms with Crippen LogP contribution in [0.1, 0.15) is 16.3 Å². The smallest absolute Gasteiger partial charge is 0.270 e. The summed E-state index contributed by atoms with van der Waals surface area (Å²) >= 11 is 0. The molecule has 1 aromatic heterocycles. The van der Waals surface area contributed by atoms with E-state index in [1.165, 1.54) is 0 Å². The zero-order valence-corrected chi connectivity index (χ0v) is 13.4. The molecule has 0 radical (unpaired) electrons. The summed E-state index contributed by atoms with van der Waals surface area (Å²) in [5.41, 5.74) is 1.06. The molecule has 23 heavy (non-hydrogen) atoms. The number of rotatable bonds is 7. The van der Waals surface area contributed by atoms with Gasteiger partial charge in [0.2, 0.25) is 0 Å². The Labute approximate surface area is 135 Å². The van der Waals surface area contributed by atoms with Gasteiger partial charge in [0, 0.05) is 19.7 Å². The molecule has 0 spiro atoms. The number of aryl methyl sites for hydroxylation is 1. The second kappa shape index (κ2) is 8.09. The van der Waals surface area contributed by atoms with E-state index in [0.29, 0.717) is 36.2 Å². The number of amides is 1. The van der Waals surface area contributed by atoms with Gasteiger partial charge in [-0.1, -0.05) is 12.1 Å². The molecule has 7 nitrogen and oxygen atoms in total. The van der Waals surface area contributed by atoms with E-state index < -0.39 is 0 Å². The van der Waals surface area contributed by atoms with E-state index in [-0.39, 0.29) is 5.91 Å². The minimum absolute atomic E-state index is 0.268. The molecule has 0 atom stereocenters. The van der Waals surface area contributed by atoms with Gasteiger partial charge >= 0.3 is 0 Å². The Morgan fingerprint density at radius 3 is 2.74 bits per heavy atom. The van der Waals surface area contributed by atoms with Crippen LogP contribution in [0.3, 0.4) is 0 Å². The van der Waals surface area contributed by atoms with Gasteiger partial charge in [0.15, 0.2) is 0 Å². The van der Waals surface area contributed by atoms with Gasteiger partial charge in [0.25, 0.3) is 5.91 Å². The number of hydrogen-bond acceptors (Lipinski definition) is 6. The van der Waals surface area contributed by atoms with Crippen LogP contribution in [0, 0.1) is 6.92 Å². The van der Waals surface area contributed by atoms with Crippen LogP contribution in [0.25, 0.3) is 0 Å².